The summed E-state index contributed by atoms with van der Waals surface area (Å²) in [6, 6.07) is 3.99. The summed E-state index contributed by atoms with van der Waals surface area (Å²) in [5.74, 6) is 0.437. The van der Waals surface area contributed by atoms with Crippen LogP contribution in [0.2, 0.25) is 0 Å². The molecular weight excluding hydrogens is 242 g/mol. The lowest BCUT2D eigenvalue weighted by molar-refractivity contribution is -0.126. The molecule has 0 spiro atoms. The summed E-state index contributed by atoms with van der Waals surface area (Å²) in [4.78, 5) is 11.8. The van der Waals surface area contributed by atoms with Crippen LogP contribution >= 0.6 is 0 Å². The highest BCUT2D eigenvalue weighted by Crippen LogP contribution is 2.22. The lowest BCUT2D eigenvalue weighted by Gasteiger charge is -2.15. The van der Waals surface area contributed by atoms with E-state index in [1.165, 1.54) is 0 Å². The van der Waals surface area contributed by atoms with Gasteiger partial charge in [0, 0.05) is 6.54 Å². The number of carbonyl (C=O) groups is 1. The summed E-state index contributed by atoms with van der Waals surface area (Å²) >= 11 is 0. The molecule has 0 fully saturated rings. The van der Waals surface area contributed by atoms with Gasteiger partial charge >= 0.3 is 0 Å². The van der Waals surface area contributed by atoms with Gasteiger partial charge in [-0.05, 0) is 43.0 Å². The van der Waals surface area contributed by atoms with Gasteiger partial charge in [-0.1, -0.05) is 13.0 Å². The van der Waals surface area contributed by atoms with Crippen LogP contribution in [0.1, 0.15) is 30.0 Å². The highest BCUT2D eigenvalue weighted by Gasteiger charge is 2.15. The molecule has 0 aliphatic carbocycles. The van der Waals surface area contributed by atoms with E-state index in [1.807, 2.05) is 32.9 Å². The Morgan fingerprint density at radius 1 is 1.37 bits per heavy atom. The molecule has 4 heteroatoms. The second-order valence-electron chi connectivity index (χ2n) is 4.75. The molecule has 19 heavy (non-hydrogen) atoms. The first-order valence-corrected chi connectivity index (χ1v) is 6.56. The Morgan fingerprint density at radius 3 is 2.58 bits per heavy atom. The predicted molar refractivity (Wildman–Crippen MR) is 75.2 cm³/mol. The molecule has 4 nitrogen and oxygen atoms in total. The van der Waals surface area contributed by atoms with Gasteiger partial charge in [0.05, 0.1) is 19.6 Å². The Kier molecular flexibility index (Phi) is 5.83. The van der Waals surface area contributed by atoms with Gasteiger partial charge in [0.2, 0.25) is 5.91 Å². The quantitative estimate of drug-likeness (QED) is 0.826. The largest absolute Gasteiger partial charge is 0.496 e. The zero-order chi connectivity index (χ0) is 14.4. The number of benzene rings is 1. The number of ether oxygens (including phenoxy) is 1. The minimum absolute atomic E-state index is 0.0992. The Labute approximate surface area is 114 Å². The highest BCUT2D eigenvalue weighted by molar-refractivity contribution is 5.78. The van der Waals surface area contributed by atoms with Gasteiger partial charge in [-0.3, -0.25) is 4.79 Å². The van der Waals surface area contributed by atoms with Crippen LogP contribution < -0.4 is 10.1 Å². The van der Waals surface area contributed by atoms with Gasteiger partial charge in [-0.15, -0.1) is 0 Å². The van der Waals surface area contributed by atoms with Crippen LogP contribution in [0.15, 0.2) is 12.1 Å². The Bertz CT molecular complexity index is 439. The molecule has 0 aliphatic rings. The van der Waals surface area contributed by atoms with Crippen molar-refractivity contribution in [1.29, 1.82) is 0 Å². The molecule has 1 atom stereocenters. The van der Waals surface area contributed by atoms with Crippen molar-refractivity contribution in [1.82, 2.24) is 5.32 Å². The van der Waals surface area contributed by atoms with Crippen molar-refractivity contribution in [3.05, 3.63) is 28.8 Å². The van der Waals surface area contributed by atoms with Gasteiger partial charge in [0.1, 0.15) is 5.75 Å². The van der Waals surface area contributed by atoms with Crippen molar-refractivity contribution in [2.75, 3.05) is 13.7 Å². The predicted octanol–water partition coefficient (Wildman–Crippen LogP) is 1.95. The summed E-state index contributed by atoms with van der Waals surface area (Å²) in [7, 11) is 1.65. The van der Waals surface area contributed by atoms with E-state index in [-0.39, 0.29) is 18.4 Å². The van der Waals surface area contributed by atoms with E-state index in [1.54, 1.807) is 7.11 Å². The van der Waals surface area contributed by atoms with E-state index in [4.69, 9.17) is 9.84 Å². The smallest absolute Gasteiger partial charge is 0.225 e. The highest BCUT2D eigenvalue weighted by atomic mass is 16.5. The maximum Gasteiger partial charge on any atom is 0.225 e. The Hall–Kier alpha value is -1.55. The van der Waals surface area contributed by atoms with Crippen LogP contribution in [-0.4, -0.2) is 24.7 Å². The van der Waals surface area contributed by atoms with Gasteiger partial charge < -0.3 is 15.2 Å². The molecule has 1 unspecified atom stereocenters. The number of amides is 1. The van der Waals surface area contributed by atoms with Crippen LogP contribution in [0.25, 0.3) is 0 Å². The van der Waals surface area contributed by atoms with Crippen molar-refractivity contribution in [2.24, 2.45) is 5.92 Å². The molecule has 106 valence electrons. The van der Waals surface area contributed by atoms with E-state index in [9.17, 15) is 4.79 Å². The molecule has 0 bridgehead atoms. The number of aryl methyl sites for hydroxylation is 2. The lowest BCUT2D eigenvalue weighted by Crippen LogP contribution is -2.32. The average Bonchev–Trinajstić information content (AvgIpc) is 2.40. The fourth-order valence-corrected chi connectivity index (χ4v) is 1.98. The summed E-state index contributed by atoms with van der Waals surface area (Å²) in [6.07, 6.45) is 0.642. The number of hydrogen-bond acceptors (Lipinski definition) is 3. The standard InChI is InChI=1S/C15H23NO3/c1-5-12(9-17)15(18)16-8-13-6-11(3)14(19-4)7-10(13)2/h6-7,12,17H,5,8-9H2,1-4H3,(H,16,18). The summed E-state index contributed by atoms with van der Waals surface area (Å²) in [6.45, 7) is 6.23. The van der Waals surface area contributed by atoms with Crippen molar-refractivity contribution in [3.63, 3.8) is 0 Å². The minimum atomic E-state index is -0.320. The van der Waals surface area contributed by atoms with E-state index in [0.717, 1.165) is 22.4 Å². The van der Waals surface area contributed by atoms with Crippen molar-refractivity contribution in [3.8, 4) is 5.75 Å². The summed E-state index contributed by atoms with van der Waals surface area (Å²) in [5.41, 5.74) is 3.20. The van der Waals surface area contributed by atoms with Crippen LogP contribution in [0.4, 0.5) is 0 Å². The van der Waals surface area contributed by atoms with Crippen LogP contribution in [0.5, 0.6) is 5.75 Å². The molecule has 1 aromatic carbocycles. The SMILES string of the molecule is CCC(CO)C(=O)NCc1cc(C)c(OC)cc1C. The first kappa shape index (κ1) is 15.5. The first-order chi connectivity index (χ1) is 9.03. The molecule has 0 aliphatic heterocycles. The molecular formula is C15H23NO3. The minimum Gasteiger partial charge on any atom is -0.496 e. The number of rotatable bonds is 6. The molecule has 2 N–H and O–H groups in total. The van der Waals surface area contributed by atoms with E-state index >= 15 is 0 Å². The molecule has 1 rings (SSSR count). The van der Waals surface area contributed by atoms with Gasteiger partial charge in [0.15, 0.2) is 0 Å². The number of hydrogen-bond donors (Lipinski definition) is 2. The topological polar surface area (TPSA) is 58.6 Å². The van der Waals surface area contributed by atoms with Crippen LogP contribution in [-0.2, 0) is 11.3 Å². The Balaban J connectivity index is 2.73. The number of carbonyl (C=O) groups excluding carboxylic acids is 1. The second kappa shape index (κ2) is 7.14. The summed E-state index contributed by atoms with van der Waals surface area (Å²) in [5, 5.41) is 11.9. The third kappa shape index (κ3) is 3.96. The third-order valence-corrected chi connectivity index (χ3v) is 3.39. The second-order valence-corrected chi connectivity index (χ2v) is 4.75. The van der Waals surface area contributed by atoms with Gasteiger partial charge in [-0.25, -0.2) is 0 Å². The fourth-order valence-electron chi connectivity index (χ4n) is 1.98. The molecule has 0 radical (unpaired) electrons. The molecule has 1 aromatic rings. The van der Waals surface area contributed by atoms with Crippen molar-refractivity contribution >= 4 is 5.91 Å². The van der Waals surface area contributed by atoms with E-state index < -0.39 is 0 Å². The monoisotopic (exact) mass is 265 g/mol. The zero-order valence-corrected chi connectivity index (χ0v) is 12.1. The normalized spacial score (nSPS) is 12.1. The fraction of sp³-hybridized carbons (Fsp3) is 0.533. The number of aliphatic hydroxyl groups excluding tert-OH is 1. The maximum absolute atomic E-state index is 11.8. The third-order valence-electron chi connectivity index (χ3n) is 3.39. The molecule has 0 heterocycles. The molecule has 0 saturated heterocycles. The first-order valence-electron chi connectivity index (χ1n) is 6.56. The maximum atomic E-state index is 11.8. The van der Waals surface area contributed by atoms with Crippen molar-refractivity contribution in [2.45, 2.75) is 33.7 Å². The van der Waals surface area contributed by atoms with Crippen molar-refractivity contribution < 1.29 is 14.6 Å². The van der Waals surface area contributed by atoms with E-state index in [2.05, 4.69) is 5.32 Å². The van der Waals surface area contributed by atoms with E-state index in [0.29, 0.717) is 13.0 Å². The molecule has 0 aromatic heterocycles. The summed E-state index contributed by atoms with van der Waals surface area (Å²) < 4.78 is 5.26. The number of aliphatic hydroxyl groups is 1. The van der Waals surface area contributed by atoms with Crippen LogP contribution in [0.3, 0.4) is 0 Å². The average molecular weight is 265 g/mol. The zero-order valence-electron chi connectivity index (χ0n) is 12.1. The van der Waals surface area contributed by atoms with Crippen LogP contribution in [0, 0.1) is 19.8 Å². The van der Waals surface area contributed by atoms with Gasteiger partial charge in [0.25, 0.3) is 0 Å². The molecule has 0 saturated carbocycles. The number of nitrogens with one attached hydrogen (secondary N) is 1. The Morgan fingerprint density at radius 2 is 2.05 bits per heavy atom. The molecule has 1 amide bonds. The lowest BCUT2D eigenvalue weighted by atomic mass is 10.0. The van der Waals surface area contributed by atoms with Gasteiger partial charge in [-0.2, -0.15) is 0 Å². The number of methoxy groups -OCH3 is 1.